The molecule has 3 aromatic heterocycles. The standard InChI is InChI=1S/C22H19N5O3S2/c1-13-17(11-24-19(28)18-12-32-22(27-18)31-2)26-21(30-13)14-6-5-7-15(10-14)25-20(29)16-8-3-4-9-23-16/h3-10,12H,11H2,1-2H3,(H,24,28)(H,25,29). The molecule has 2 amide bonds. The fourth-order valence-corrected chi connectivity index (χ4v) is 4.09. The lowest BCUT2D eigenvalue weighted by molar-refractivity contribution is 0.0945. The Balaban J connectivity index is 1.44. The number of nitrogens with one attached hydrogen (secondary N) is 2. The normalized spacial score (nSPS) is 10.7. The maximum absolute atomic E-state index is 12.3. The third-order valence-corrected chi connectivity index (χ3v) is 6.33. The predicted molar refractivity (Wildman–Crippen MR) is 124 cm³/mol. The zero-order chi connectivity index (χ0) is 22.5. The summed E-state index contributed by atoms with van der Waals surface area (Å²) in [5, 5.41) is 7.37. The van der Waals surface area contributed by atoms with Gasteiger partial charge in [-0.15, -0.1) is 11.3 Å². The highest BCUT2D eigenvalue weighted by Crippen LogP contribution is 2.25. The molecule has 162 valence electrons. The lowest BCUT2D eigenvalue weighted by Gasteiger charge is -2.05. The van der Waals surface area contributed by atoms with Crippen LogP contribution in [0.15, 0.2) is 62.8 Å². The molecule has 1 aromatic carbocycles. The number of anilines is 1. The van der Waals surface area contributed by atoms with Gasteiger partial charge in [-0.3, -0.25) is 14.6 Å². The fourth-order valence-electron chi connectivity index (χ4n) is 2.85. The van der Waals surface area contributed by atoms with Crippen molar-refractivity contribution in [1.82, 2.24) is 20.3 Å². The number of benzene rings is 1. The Kier molecular flexibility index (Phi) is 6.62. The number of oxazole rings is 1. The minimum absolute atomic E-state index is 0.219. The molecule has 0 aliphatic heterocycles. The number of aromatic nitrogens is 3. The molecule has 3 heterocycles. The average molecular weight is 466 g/mol. The number of rotatable bonds is 7. The highest BCUT2D eigenvalue weighted by molar-refractivity contribution is 8.00. The quantitative estimate of drug-likeness (QED) is 0.389. The third kappa shape index (κ3) is 5.04. The molecule has 0 radical (unpaired) electrons. The van der Waals surface area contributed by atoms with Gasteiger partial charge in [0.2, 0.25) is 5.89 Å². The van der Waals surface area contributed by atoms with Gasteiger partial charge in [-0.2, -0.15) is 0 Å². The van der Waals surface area contributed by atoms with Crippen LogP contribution in [-0.2, 0) is 6.54 Å². The predicted octanol–water partition coefficient (Wildman–Crippen LogP) is 4.41. The van der Waals surface area contributed by atoms with Crippen LogP contribution in [0, 0.1) is 6.92 Å². The summed E-state index contributed by atoms with van der Waals surface area (Å²) >= 11 is 2.93. The largest absolute Gasteiger partial charge is 0.441 e. The van der Waals surface area contributed by atoms with Crippen LogP contribution in [0.4, 0.5) is 5.69 Å². The Morgan fingerprint density at radius 3 is 2.72 bits per heavy atom. The summed E-state index contributed by atoms with van der Waals surface area (Å²) in [5.74, 6) is 0.441. The van der Waals surface area contributed by atoms with E-state index in [1.807, 2.05) is 12.3 Å². The molecule has 0 saturated carbocycles. The monoisotopic (exact) mass is 465 g/mol. The molecule has 8 nitrogen and oxygen atoms in total. The summed E-state index contributed by atoms with van der Waals surface area (Å²) < 4.78 is 6.64. The number of hydrogen-bond acceptors (Lipinski definition) is 8. The first-order valence-corrected chi connectivity index (χ1v) is 11.7. The van der Waals surface area contributed by atoms with Crippen LogP contribution in [0.3, 0.4) is 0 Å². The topological polar surface area (TPSA) is 110 Å². The van der Waals surface area contributed by atoms with E-state index >= 15 is 0 Å². The van der Waals surface area contributed by atoms with E-state index in [2.05, 4.69) is 25.6 Å². The zero-order valence-corrected chi connectivity index (χ0v) is 18.9. The molecule has 0 saturated heterocycles. The summed E-state index contributed by atoms with van der Waals surface area (Å²) in [6, 6.07) is 12.3. The van der Waals surface area contributed by atoms with Gasteiger partial charge in [0.15, 0.2) is 0 Å². The van der Waals surface area contributed by atoms with Gasteiger partial charge < -0.3 is 15.1 Å². The first-order chi connectivity index (χ1) is 15.5. The van der Waals surface area contributed by atoms with Crippen LogP contribution < -0.4 is 10.6 Å². The molecule has 0 unspecified atom stereocenters. The SMILES string of the molecule is CSc1nc(C(=O)NCc2nc(-c3cccc(NC(=O)c4ccccn4)c3)oc2C)cs1. The molecule has 0 spiro atoms. The van der Waals surface area contributed by atoms with E-state index in [0.717, 1.165) is 4.34 Å². The Labute approximate surface area is 192 Å². The molecule has 0 aliphatic carbocycles. The van der Waals surface area contributed by atoms with Crippen molar-refractivity contribution in [3.8, 4) is 11.5 Å². The van der Waals surface area contributed by atoms with E-state index in [1.54, 1.807) is 54.9 Å². The third-order valence-electron chi connectivity index (χ3n) is 4.46. The van der Waals surface area contributed by atoms with Crippen molar-refractivity contribution in [2.45, 2.75) is 17.8 Å². The van der Waals surface area contributed by atoms with Gasteiger partial charge in [0.05, 0.1) is 6.54 Å². The van der Waals surface area contributed by atoms with Crippen molar-refractivity contribution >= 4 is 40.6 Å². The van der Waals surface area contributed by atoms with Crippen molar-refractivity contribution in [2.24, 2.45) is 0 Å². The Bertz CT molecular complexity index is 1250. The number of pyridine rings is 1. The molecule has 32 heavy (non-hydrogen) atoms. The van der Waals surface area contributed by atoms with Gasteiger partial charge in [-0.1, -0.05) is 23.9 Å². The minimum Gasteiger partial charge on any atom is -0.441 e. The molecule has 10 heteroatoms. The van der Waals surface area contributed by atoms with Crippen molar-refractivity contribution in [2.75, 3.05) is 11.6 Å². The van der Waals surface area contributed by atoms with Crippen LogP contribution in [-0.4, -0.2) is 33.0 Å². The Morgan fingerprint density at radius 2 is 1.97 bits per heavy atom. The first kappa shape index (κ1) is 21.7. The summed E-state index contributed by atoms with van der Waals surface area (Å²) in [7, 11) is 0. The highest BCUT2D eigenvalue weighted by atomic mass is 32.2. The highest BCUT2D eigenvalue weighted by Gasteiger charge is 2.15. The minimum atomic E-state index is -0.304. The number of carbonyl (C=O) groups is 2. The molecular formula is C22H19N5O3S2. The maximum Gasteiger partial charge on any atom is 0.274 e. The van der Waals surface area contributed by atoms with Crippen molar-refractivity contribution in [1.29, 1.82) is 0 Å². The number of amides is 2. The van der Waals surface area contributed by atoms with E-state index < -0.39 is 0 Å². The summed E-state index contributed by atoms with van der Waals surface area (Å²) in [4.78, 5) is 37.5. The second-order valence-electron chi connectivity index (χ2n) is 6.66. The molecular weight excluding hydrogens is 446 g/mol. The number of carbonyl (C=O) groups excluding carboxylic acids is 2. The molecule has 2 N–H and O–H groups in total. The Hall–Kier alpha value is -3.50. The van der Waals surface area contributed by atoms with E-state index in [4.69, 9.17) is 4.42 Å². The van der Waals surface area contributed by atoms with E-state index in [9.17, 15) is 9.59 Å². The van der Waals surface area contributed by atoms with E-state index in [1.165, 1.54) is 23.1 Å². The van der Waals surface area contributed by atoms with Gasteiger partial charge in [0.25, 0.3) is 11.8 Å². The van der Waals surface area contributed by atoms with Gasteiger partial charge in [0.1, 0.15) is 27.2 Å². The number of thioether (sulfide) groups is 1. The number of hydrogen-bond donors (Lipinski definition) is 2. The fraction of sp³-hybridized carbons (Fsp3) is 0.136. The molecule has 0 bridgehead atoms. The maximum atomic E-state index is 12.3. The van der Waals surface area contributed by atoms with Gasteiger partial charge in [-0.05, 0) is 43.5 Å². The van der Waals surface area contributed by atoms with Crippen LogP contribution >= 0.6 is 23.1 Å². The number of nitrogens with zero attached hydrogens (tertiary/aromatic N) is 3. The van der Waals surface area contributed by atoms with E-state index in [-0.39, 0.29) is 18.4 Å². The zero-order valence-electron chi connectivity index (χ0n) is 17.3. The lowest BCUT2D eigenvalue weighted by Crippen LogP contribution is -2.23. The lowest BCUT2D eigenvalue weighted by atomic mass is 10.2. The first-order valence-electron chi connectivity index (χ1n) is 9.60. The Morgan fingerprint density at radius 1 is 1.09 bits per heavy atom. The second-order valence-corrected chi connectivity index (χ2v) is 8.57. The van der Waals surface area contributed by atoms with Crippen LogP contribution in [0.1, 0.15) is 32.4 Å². The molecule has 4 rings (SSSR count). The number of aryl methyl sites for hydroxylation is 1. The smallest absolute Gasteiger partial charge is 0.274 e. The van der Waals surface area contributed by atoms with Crippen LogP contribution in [0.25, 0.3) is 11.5 Å². The number of thiazole rings is 1. The van der Waals surface area contributed by atoms with Gasteiger partial charge in [0, 0.05) is 22.8 Å². The van der Waals surface area contributed by atoms with Crippen molar-refractivity contribution in [3.05, 3.63) is 76.9 Å². The second kappa shape index (κ2) is 9.75. The van der Waals surface area contributed by atoms with E-state index in [0.29, 0.717) is 40.0 Å². The average Bonchev–Trinajstić information content (AvgIpc) is 3.45. The van der Waals surface area contributed by atoms with Crippen molar-refractivity contribution in [3.63, 3.8) is 0 Å². The van der Waals surface area contributed by atoms with Crippen LogP contribution in [0.5, 0.6) is 0 Å². The van der Waals surface area contributed by atoms with Crippen molar-refractivity contribution < 1.29 is 14.0 Å². The summed E-state index contributed by atoms with van der Waals surface area (Å²) in [6.45, 7) is 2.01. The molecule has 0 atom stereocenters. The van der Waals surface area contributed by atoms with Crippen LogP contribution in [0.2, 0.25) is 0 Å². The summed E-state index contributed by atoms with van der Waals surface area (Å²) in [6.07, 6.45) is 3.48. The van der Waals surface area contributed by atoms with Gasteiger partial charge >= 0.3 is 0 Å². The summed E-state index contributed by atoms with van der Waals surface area (Å²) in [5.41, 5.74) is 2.63. The van der Waals surface area contributed by atoms with Gasteiger partial charge in [-0.25, -0.2) is 9.97 Å². The molecule has 0 aliphatic rings. The molecule has 0 fully saturated rings. The molecule has 4 aromatic rings.